The summed E-state index contributed by atoms with van der Waals surface area (Å²) >= 11 is 0. The maximum Gasteiger partial charge on any atom is 0.166 e. The molecule has 0 aromatic carbocycles. The van der Waals surface area contributed by atoms with Gasteiger partial charge in [0.15, 0.2) is 6.29 Å². The second-order valence-electron chi connectivity index (χ2n) is 3.32. The first-order chi connectivity index (χ1) is 6.24. The van der Waals surface area contributed by atoms with Crippen molar-refractivity contribution in [2.75, 3.05) is 0 Å². The van der Waals surface area contributed by atoms with Gasteiger partial charge in [-0.15, -0.1) is 0 Å². The lowest BCUT2D eigenvalue weighted by Crippen LogP contribution is -2.04. The van der Waals surface area contributed by atoms with E-state index in [4.69, 9.17) is 0 Å². The summed E-state index contributed by atoms with van der Waals surface area (Å²) in [5.41, 5.74) is 3.23. The Bertz CT molecular complexity index is 299. The lowest BCUT2D eigenvalue weighted by atomic mass is 10.2. The molecule has 0 aliphatic heterocycles. The average Bonchev–Trinajstić information content (AvgIpc) is 2.44. The molecule has 2 nitrogen and oxygen atoms in total. The van der Waals surface area contributed by atoms with E-state index in [1.54, 1.807) is 0 Å². The molecule has 0 N–H and O–H groups in total. The molecule has 0 fully saturated rings. The van der Waals surface area contributed by atoms with E-state index in [2.05, 4.69) is 31.4 Å². The van der Waals surface area contributed by atoms with Crippen LogP contribution in [0.3, 0.4) is 0 Å². The standard InChI is InChI=1S/C11H17NO/c1-4-6-12-9(3)7-10(5-2)11(12)8-13/h7-8H,4-6H2,1-3H3. The zero-order chi connectivity index (χ0) is 9.84. The Morgan fingerprint density at radius 1 is 1.46 bits per heavy atom. The van der Waals surface area contributed by atoms with Gasteiger partial charge < -0.3 is 4.57 Å². The molecule has 0 spiro atoms. The van der Waals surface area contributed by atoms with Crippen molar-refractivity contribution < 1.29 is 4.79 Å². The summed E-state index contributed by atoms with van der Waals surface area (Å²) in [6.45, 7) is 7.21. The molecule has 0 aliphatic carbocycles. The van der Waals surface area contributed by atoms with Crippen LogP contribution in [-0.2, 0) is 13.0 Å². The first-order valence-corrected chi connectivity index (χ1v) is 4.88. The van der Waals surface area contributed by atoms with Crippen LogP contribution in [0.15, 0.2) is 6.07 Å². The number of carbonyl (C=O) groups excluding carboxylic acids is 1. The number of aldehydes is 1. The van der Waals surface area contributed by atoms with E-state index in [1.807, 2.05) is 0 Å². The number of hydrogen-bond acceptors (Lipinski definition) is 1. The van der Waals surface area contributed by atoms with E-state index >= 15 is 0 Å². The molecule has 0 saturated carbocycles. The maximum absolute atomic E-state index is 10.9. The smallest absolute Gasteiger partial charge is 0.166 e. The summed E-state index contributed by atoms with van der Waals surface area (Å²) in [6.07, 6.45) is 2.98. The Morgan fingerprint density at radius 3 is 2.62 bits per heavy atom. The molecule has 0 radical (unpaired) electrons. The van der Waals surface area contributed by atoms with Gasteiger partial charge in [0.1, 0.15) is 0 Å². The van der Waals surface area contributed by atoms with Crippen molar-refractivity contribution in [3.05, 3.63) is 23.0 Å². The Hall–Kier alpha value is -1.05. The molecule has 72 valence electrons. The minimum Gasteiger partial charge on any atom is -0.343 e. The molecule has 1 rings (SSSR count). The highest BCUT2D eigenvalue weighted by Crippen LogP contribution is 2.15. The van der Waals surface area contributed by atoms with Crippen LogP contribution in [-0.4, -0.2) is 10.9 Å². The maximum atomic E-state index is 10.9. The summed E-state index contributed by atoms with van der Waals surface area (Å²) in [6, 6.07) is 2.11. The highest BCUT2D eigenvalue weighted by atomic mass is 16.1. The molecule has 0 atom stereocenters. The largest absolute Gasteiger partial charge is 0.343 e. The normalized spacial score (nSPS) is 10.4. The highest BCUT2D eigenvalue weighted by molar-refractivity contribution is 5.75. The number of hydrogen-bond donors (Lipinski definition) is 0. The van der Waals surface area contributed by atoms with Crippen molar-refractivity contribution >= 4 is 6.29 Å². The van der Waals surface area contributed by atoms with Crippen molar-refractivity contribution in [3.63, 3.8) is 0 Å². The van der Waals surface area contributed by atoms with Crippen LogP contribution in [0.1, 0.15) is 42.0 Å². The van der Waals surface area contributed by atoms with Gasteiger partial charge in [-0.1, -0.05) is 13.8 Å². The van der Waals surface area contributed by atoms with Gasteiger partial charge in [0, 0.05) is 12.2 Å². The fourth-order valence-electron chi connectivity index (χ4n) is 1.71. The molecule has 0 unspecified atom stereocenters. The number of carbonyl (C=O) groups is 1. The third kappa shape index (κ3) is 1.82. The van der Waals surface area contributed by atoms with Gasteiger partial charge in [0.05, 0.1) is 5.69 Å². The van der Waals surface area contributed by atoms with Gasteiger partial charge in [0.25, 0.3) is 0 Å². The third-order valence-electron chi connectivity index (χ3n) is 2.37. The fraction of sp³-hybridized carbons (Fsp3) is 0.545. The SMILES string of the molecule is CCCn1c(C)cc(CC)c1C=O. The van der Waals surface area contributed by atoms with Crippen molar-refractivity contribution in [1.29, 1.82) is 0 Å². The lowest BCUT2D eigenvalue weighted by molar-refractivity contribution is 0.111. The fourth-order valence-corrected chi connectivity index (χ4v) is 1.71. The lowest BCUT2D eigenvalue weighted by Gasteiger charge is -2.06. The summed E-state index contributed by atoms with van der Waals surface area (Å²) in [5.74, 6) is 0. The van der Waals surface area contributed by atoms with Crippen LogP contribution in [0.2, 0.25) is 0 Å². The van der Waals surface area contributed by atoms with E-state index in [0.29, 0.717) is 0 Å². The molecule has 13 heavy (non-hydrogen) atoms. The van der Waals surface area contributed by atoms with Gasteiger partial charge in [-0.2, -0.15) is 0 Å². The zero-order valence-electron chi connectivity index (χ0n) is 8.63. The minimum absolute atomic E-state index is 0.863. The van der Waals surface area contributed by atoms with Gasteiger partial charge >= 0.3 is 0 Å². The molecule has 1 heterocycles. The van der Waals surface area contributed by atoms with Gasteiger partial charge in [-0.3, -0.25) is 4.79 Å². The summed E-state index contributed by atoms with van der Waals surface area (Å²) in [7, 11) is 0. The molecule has 0 bridgehead atoms. The van der Waals surface area contributed by atoms with Crippen molar-refractivity contribution in [2.24, 2.45) is 0 Å². The minimum atomic E-state index is 0.863. The molecule has 2 heteroatoms. The van der Waals surface area contributed by atoms with Gasteiger partial charge in [0.2, 0.25) is 0 Å². The second-order valence-corrected chi connectivity index (χ2v) is 3.32. The Kier molecular flexibility index (Phi) is 3.29. The zero-order valence-corrected chi connectivity index (χ0v) is 8.63. The van der Waals surface area contributed by atoms with E-state index in [9.17, 15) is 4.79 Å². The van der Waals surface area contributed by atoms with E-state index in [1.165, 1.54) is 11.3 Å². The number of nitrogens with zero attached hydrogens (tertiary/aromatic N) is 1. The van der Waals surface area contributed by atoms with Gasteiger partial charge in [-0.05, 0) is 31.4 Å². The number of rotatable bonds is 4. The predicted octanol–water partition coefficient (Wildman–Crippen LogP) is 2.58. The molecule has 1 aromatic heterocycles. The molecule has 1 aromatic rings. The monoisotopic (exact) mass is 179 g/mol. The Labute approximate surface area is 79.6 Å². The predicted molar refractivity (Wildman–Crippen MR) is 54.2 cm³/mol. The van der Waals surface area contributed by atoms with E-state index < -0.39 is 0 Å². The molecule has 0 aliphatic rings. The molecule has 0 amide bonds. The van der Waals surface area contributed by atoms with Crippen LogP contribution in [0, 0.1) is 6.92 Å². The average molecular weight is 179 g/mol. The van der Waals surface area contributed by atoms with Crippen LogP contribution < -0.4 is 0 Å². The van der Waals surface area contributed by atoms with Gasteiger partial charge in [-0.25, -0.2) is 0 Å². The van der Waals surface area contributed by atoms with Crippen LogP contribution in [0.25, 0.3) is 0 Å². The van der Waals surface area contributed by atoms with Crippen LogP contribution >= 0.6 is 0 Å². The van der Waals surface area contributed by atoms with E-state index in [-0.39, 0.29) is 0 Å². The number of aromatic nitrogens is 1. The quantitative estimate of drug-likeness (QED) is 0.651. The van der Waals surface area contributed by atoms with E-state index in [0.717, 1.165) is 31.4 Å². The second kappa shape index (κ2) is 4.26. The Morgan fingerprint density at radius 2 is 2.15 bits per heavy atom. The van der Waals surface area contributed by atoms with Crippen LogP contribution in [0.5, 0.6) is 0 Å². The first-order valence-electron chi connectivity index (χ1n) is 4.88. The first kappa shape index (κ1) is 10.0. The van der Waals surface area contributed by atoms with Crippen LogP contribution in [0.4, 0.5) is 0 Å². The molecular formula is C11H17NO. The number of aryl methyl sites for hydroxylation is 2. The summed E-state index contributed by atoms with van der Waals surface area (Å²) in [4.78, 5) is 10.9. The molecular weight excluding hydrogens is 162 g/mol. The van der Waals surface area contributed by atoms with Crippen molar-refractivity contribution in [2.45, 2.75) is 40.2 Å². The molecule has 0 saturated heterocycles. The summed E-state index contributed by atoms with van der Waals surface area (Å²) < 4.78 is 2.10. The topological polar surface area (TPSA) is 22.0 Å². The summed E-state index contributed by atoms with van der Waals surface area (Å²) in [5, 5.41) is 0. The van der Waals surface area contributed by atoms with Crippen molar-refractivity contribution in [1.82, 2.24) is 4.57 Å². The highest BCUT2D eigenvalue weighted by Gasteiger charge is 2.09. The Balaban J connectivity index is 3.14. The third-order valence-corrected chi connectivity index (χ3v) is 2.37. The van der Waals surface area contributed by atoms with Crippen molar-refractivity contribution in [3.8, 4) is 0 Å².